The molecule has 1 amide bonds. The van der Waals surface area contributed by atoms with Gasteiger partial charge in [-0.15, -0.1) is 0 Å². The number of aromatic nitrogens is 2. The first-order valence-electron chi connectivity index (χ1n) is 12.2. The number of halogens is 2. The van der Waals surface area contributed by atoms with Crippen molar-refractivity contribution in [2.75, 3.05) is 37.8 Å². The van der Waals surface area contributed by atoms with Crippen LogP contribution in [-0.2, 0) is 0 Å². The third-order valence-corrected chi connectivity index (χ3v) is 6.37. The molecule has 0 aliphatic heterocycles. The molecule has 0 saturated heterocycles. The van der Waals surface area contributed by atoms with Crippen LogP contribution in [0, 0.1) is 18.6 Å². The number of nitrogen functional groups attached to an aromatic ring is 1. The van der Waals surface area contributed by atoms with E-state index in [2.05, 4.69) is 20.2 Å². The summed E-state index contributed by atoms with van der Waals surface area (Å²) < 4.78 is 35.3. The van der Waals surface area contributed by atoms with Crippen molar-refractivity contribution in [3.05, 3.63) is 77.1 Å². The highest BCUT2D eigenvalue weighted by molar-refractivity contribution is 6.05. The maximum atomic E-state index is 14.7. The molecule has 37 heavy (non-hydrogen) atoms. The fraction of sp³-hybridized carbons (Fsp3) is 0.321. The zero-order chi connectivity index (χ0) is 26.5. The quantitative estimate of drug-likeness (QED) is 0.361. The number of hydrogen-bond acceptors (Lipinski definition) is 6. The number of carbonyl (C=O) groups excluding carboxylic acids is 1. The molecule has 9 heteroatoms. The molecule has 0 bridgehead atoms. The van der Waals surface area contributed by atoms with Crippen LogP contribution in [0.1, 0.15) is 47.2 Å². The van der Waals surface area contributed by atoms with Crippen LogP contribution in [0.2, 0.25) is 0 Å². The second kappa shape index (κ2) is 11.5. The number of hydrogen-bond donors (Lipinski definition) is 2. The SMILES string of the molecule is C/C=C/CN(C)CCOc1c(N)ncnc1-c1cc(F)cc(NC(=O)c2ccc(C3CC3)cc2F)c1C. The summed E-state index contributed by atoms with van der Waals surface area (Å²) in [6, 6.07) is 7.12. The molecule has 1 fully saturated rings. The van der Waals surface area contributed by atoms with Gasteiger partial charge in [-0.25, -0.2) is 18.7 Å². The van der Waals surface area contributed by atoms with Gasteiger partial charge >= 0.3 is 0 Å². The summed E-state index contributed by atoms with van der Waals surface area (Å²) in [4.78, 5) is 23.3. The summed E-state index contributed by atoms with van der Waals surface area (Å²) >= 11 is 0. The summed E-state index contributed by atoms with van der Waals surface area (Å²) in [7, 11) is 1.96. The van der Waals surface area contributed by atoms with Crippen LogP contribution < -0.4 is 15.8 Å². The van der Waals surface area contributed by atoms with Gasteiger partial charge in [0.15, 0.2) is 11.6 Å². The van der Waals surface area contributed by atoms with E-state index in [-0.39, 0.29) is 22.8 Å². The number of rotatable bonds is 10. The Kier molecular flexibility index (Phi) is 8.13. The van der Waals surface area contributed by atoms with Gasteiger partial charge in [0.2, 0.25) is 0 Å². The number of nitrogens with one attached hydrogen (secondary N) is 1. The van der Waals surface area contributed by atoms with Gasteiger partial charge in [-0.3, -0.25) is 9.69 Å². The number of nitrogens with zero attached hydrogens (tertiary/aromatic N) is 3. The van der Waals surface area contributed by atoms with E-state index < -0.39 is 17.5 Å². The fourth-order valence-corrected chi connectivity index (χ4v) is 4.03. The molecule has 1 saturated carbocycles. The second-order valence-electron chi connectivity index (χ2n) is 9.21. The van der Waals surface area contributed by atoms with E-state index in [0.717, 1.165) is 24.9 Å². The van der Waals surface area contributed by atoms with Crippen molar-refractivity contribution in [2.24, 2.45) is 0 Å². The zero-order valence-electron chi connectivity index (χ0n) is 21.2. The number of amides is 1. The van der Waals surface area contributed by atoms with Gasteiger partial charge in [0.25, 0.3) is 5.91 Å². The van der Waals surface area contributed by atoms with Crippen molar-refractivity contribution >= 4 is 17.4 Å². The highest BCUT2D eigenvalue weighted by Crippen LogP contribution is 2.40. The number of nitrogens with two attached hydrogens (primary N) is 1. The van der Waals surface area contributed by atoms with E-state index in [1.165, 1.54) is 30.6 Å². The van der Waals surface area contributed by atoms with Crippen molar-refractivity contribution in [1.82, 2.24) is 14.9 Å². The Hall–Kier alpha value is -3.85. The van der Waals surface area contributed by atoms with Gasteiger partial charge in [-0.1, -0.05) is 18.2 Å². The van der Waals surface area contributed by atoms with Crippen molar-refractivity contribution in [2.45, 2.75) is 32.6 Å². The molecule has 1 aromatic heterocycles. The molecule has 0 atom stereocenters. The van der Waals surface area contributed by atoms with E-state index in [0.29, 0.717) is 35.9 Å². The van der Waals surface area contributed by atoms with Crippen LogP contribution >= 0.6 is 0 Å². The number of ether oxygens (including phenoxy) is 1. The molecule has 0 radical (unpaired) electrons. The molecule has 4 rings (SSSR count). The van der Waals surface area contributed by atoms with Crippen molar-refractivity contribution in [3.8, 4) is 17.0 Å². The Labute approximate surface area is 215 Å². The molecule has 2 aromatic carbocycles. The van der Waals surface area contributed by atoms with Crippen LogP contribution in [0.5, 0.6) is 5.75 Å². The predicted octanol–water partition coefficient (Wildman–Crippen LogP) is 5.33. The van der Waals surface area contributed by atoms with Gasteiger partial charge in [0, 0.05) is 24.3 Å². The van der Waals surface area contributed by atoms with Crippen LogP contribution in [0.3, 0.4) is 0 Å². The molecule has 3 N–H and O–H groups in total. The average molecular weight is 508 g/mol. The van der Waals surface area contributed by atoms with Crippen LogP contribution in [0.15, 0.2) is 48.8 Å². The molecule has 3 aromatic rings. The Balaban J connectivity index is 1.58. The number of anilines is 2. The summed E-state index contributed by atoms with van der Waals surface area (Å²) in [6.07, 6.45) is 7.34. The topological polar surface area (TPSA) is 93.4 Å². The lowest BCUT2D eigenvalue weighted by molar-refractivity contribution is 0.102. The molecular formula is C28H31F2N5O2. The Bertz CT molecular complexity index is 1320. The standard InChI is InChI=1S/C28H31F2N5O2/c1-4-5-10-35(3)11-12-37-26-25(32-16-33-27(26)31)22-14-20(29)15-24(17(22)2)34-28(36)21-9-8-19(13-23(21)30)18-6-7-18/h4-5,8-9,13-16,18H,6-7,10-12H2,1-3H3,(H,34,36)(H2,31,32,33)/b5-4+. The minimum absolute atomic E-state index is 0.105. The lowest BCUT2D eigenvalue weighted by Crippen LogP contribution is -2.24. The maximum Gasteiger partial charge on any atom is 0.258 e. The van der Waals surface area contributed by atoms with Gasteiger partial charge in [-0.2, -0.15) is 0 Å². The molecule has 0 spiro atoms. The Morgan fingerprint density at radius 2 is 2.03 bits per heavy atom. The normalized spacial score (nSPS) is 13.4. The number of benzene rings is 2. The molecule has 1 aliphatic carbocycles. The minimum atomic E-state index is -0.665. The van der Waals surface area contributed by atoms with E-state index >= 15 is 0 Å². The van der Waals surface area contributed by atoms with Gasteiger partial charge in [0.1, 0.15) is 30.3 Å². The first kappa shape index (κ1) is 26.2. The van der Waals surface area contributed by atoms with E-state index in [9.17, 15) is 13.6 Å². The van der Waals surface area contributed by atoms with Crippen molar-refractivity contribution in [1.29, 1.82) is 0 Å². The fourth-order valence-electron chi connectivity index (χ4n) is 4.03. The molecule has 1 heterocycles. The lowest BCUT2D eigenvalue weighted by atomic mass is 10.0. The molecule has 1 aliphatic rings. The van der Waals surface area contributed by atoms with Crippen LogP contribution in [0.4, 0.5) is 20.3 Å². The lowest BCUT2D eigenvalue weighted by Gasteiger charge is -2.18. The number of allylic oxidation sites excluding steroid dienone is 1. The average Bonchev–Trinajstić information content (AvgIpc) is 3.71. The predicted molar refractivity (Wildman–Crippen MR) is 141 cm³/mol. The molecular weight excluding hydrogens is 476 g/mol. The van der Waals surface area contributed by atoms with Crippen molar-refractivity contribution < 1.29 is 18.3 Å². The number of likely N-dealkylation sites (N-methyl/N-ethyl adjacent to an activating group) is 1. The zero-order valence-corrected chi connectivity index (χ0v) is 21.2. The second-order valence-corrected chi connectivity index (χ2v) is 9.21. The summed E-state index contributed by atoms with van der Waals surface area (Å²) in [5, 5.41) is 2.65. The third-order valence-electron chi connectivity index (χ3n) is 6.37. The highest BCUT2D eigenvalue weighted by atomic mass is 19.1. The Morgan fingerprint density at radius 1 is 1.24 bits per heavy atom. The smallest absolute Gasteiger partial charge is 0.258 e. The monoisotopic (exact) mass is 507 g/mol. The van der Waals surface area contributed by atoms with Crippen molar-refractivity contribution in [3.63, 3.8) is 0 Å². The summed E-state index contributed by atoms with van der Waals surface area (Å²) in [5.41, 5.74) is 8.27. The largest absolute Gasteiger partial charge is 0.486 e. The molecule has 194 valence electrons. The van der Waals surface area contributed by atoms with Crippen LogP contribution in [0.25, 0.3) is 11.3 Å². The first-order chi connectivity index (χ1) is 17.8. The third kappa shape index (κ3) is 6.29. The van der Waals surface area contributed by atoms with Gasteiger partial charge in [0.05, 0.1) is 5.56 Å². The minimum Gasteiger partial charge on any atom is -0.486 e. The van der Waals surface area contributed by atoms with E-state index in [1.54, 1.807) is 13.0 Å². The van der Waals surface area contributed by atoms with Gasteiger partial charge < -0.3 is 15.8 Å². The van der Waals surface area contributed by atoms with E-state index in [4.69, 9.17) is 10.5 Å². The first-order valence-corrected chi connectivity index (χ1v) is 12.2. The van der Waals surface area contributed by atoms with E-state index in [1.807, 2.05) is 26.1 Å². The van der Waals surface area contributed by atoms with Gasteiger partial charge in [-0.05, 0) is 75.0 Å². The number of carbonyl (C=O) groups is 1. The summed E-state index contributed by atoms with van der Waals surface area (Å²) in [5.74, 6) is -1.15. The summed E-state index contributed by atoms with van der Waals surface area (Å²) in [6.45, 7) is 5.37. The molecule has 7 nitrogen and oxygen atoms in total. The maximum absolute atomic E-state index is 14.7. The molecule has 0 unspecified atom stereocenters. The Morgan fingerprint density at radius 3 is 2.73 bits per heavy atom. The highest BCUT2D eigenvalue weighted by Gasteiger charge is 2.25. The van der Waals surface area contributed by atoms with Crippen LogP contribution in [-0.4, -0.2) is 47.5 Å².